The molecule has 0 aromatic carbocycles. The molecule has 2 N–H and O–H groups in total. The minimum atomic E-state index is -4.22. The maximum Gasteiger partial charge on any atom is 0.396 e. The highest BCUT2D eigenvalue weighted by atomic mass is 19.4. The van der Waals surface area contributed by atoms with Crippen LogP contribution in [0.5, 0.6) is 0 Å². The third-order valence-corrected chi connectivity index (χ3v) is 5.34. The van der Waals surface area contributed by atoms with Crippen LogP contribution in [-0.2, 0) is 0 Å². The number of aromatic nitrogens is 2. The van der Waals surface area contributed by atoms with Crippen molar-refractivity contribution < 1.29 is 18.0 Å². The monoisotopic (exact) mass is 314 g/mol. The molecule has 8 heteroatoms. The molecule has 2 aliphatic carbocycles. The number of alkyl halides is 3. The fourth-order valence-electron chi connectivity index (χ4n) is 3.67. The number of carbonyl (C=O) groups is 1. The molecule has 3 aliphatic rings. The highest BCUT2D eigenvalue weighted by Crippen LogP contribution is 2.72. The number of hydrogen-bond donors (Lipinski definition) is 2. The van der Waals surface area contributed by atoms with Crippen molar-refractivity contribution >= 4 is 5.91 Å². The van der Waals surface area contributed by atoms with Crippen LogP contribution in [0.1, 0.15) is 35.7 Å². The first-order valence-corrected chi connectivity index (χ1v) is 7.47. The Bertz CT molecular complexity index is 624. The number of piperidine rings is 1. The van der Waals surface area contributed by atoms with Crippen molar-refractivity contribution in [3.8, 4) is 0 Å². The number of carbonyl (C=O) groups excluding carboxylic acids is 1. The summed E-state index contributed by atoms with van der Waals surface area (Å²) in [5, 5.41) is 9.60. The van der Waals surface area contributed by atoms with Crippen LogP contribution in [-0.4, -0.2) is 41.5 Å². The lowest BCUT2D eigenvalue weighted by Crippen LogP contribution is -2.37. The topological polar surface area (TPSA) is 59.0 Å². The van der Waals surface area contributed by atoms with Gasteiger partial charge in [0.1, 0.15) is 0 Å². The molecule has 1 aromatic rings. The molecule has 22 heavy (non-hydrogen) atoms. The van der Waals surface area contributed by atoms with Gasteiger partial charge in [-0.25, -0.2) is 0 Å². The van der Waals surface area contributed by atoms with Crippen molar-refractivity contribution in [1.29, 1.82) is 0 Å². The van der Waals surface area contributed by atoms with Gasteiger partial charge in [0.05, 0.1) is 23.2 Å². The summed E-state index contributed by atoms with van der Waals surface area (Å²) in [4.78, 5) is 12.1. The summed E-state index contributed by atoms with van der Waals surface area (Å²) in [6.07, 6.45) is 1.14. The number of halogens is 3. The van der Waals surface area contributed by atoms with Crippen molar-refractivity contribution in [2.75, 3.05) is 19.6 Å². The zero-order valence-electron chi connectivity index (χ0n) is 11.9. The summed E-state index contributed by atoms with van der Waals surface area (Å²) in [6, 6.07) is 0.375. The Morgan fingerprint density at radius 2 is 2.23 bits per heavy atom. The standard InChI is InChI=1S/C14H17F3N4O/c15-14(16,17)13-5-12(13,6-18-8-13)7-19-11(22)9-3-20-21(4-9)10-1-2-10/h3-4,10,18H,1-2,5-8H2,(H,19,22)/t12-,13-/m0/s1. The molecule has 4 rings (SSSR count). The van der Waals surface area contributed by atoms with Crippen LogP contribution in [0.15, 0.2) is 12.4 Å². The van der Waals surface area contributed by atoms with E-state index in [0.29, 0.717) is 18.2 Å². The van der Waals surface area contributed by atoms with E-state index in [-0.39, 0.29) is 25.4 Å². The van der Waals surface area contributed by atoms with Crippen LogP contribution in [0.2, 0.25) is 0 Å². The SMILES string of the molecule is O=C(NC[C@]12CNC[C@@]1(C(F)(F)F)C2)c1cnn(C2CC2)c1. The van der Waals surface area contributed by atoms with E-state index in [2.05, 4.69) is 15.7 Å². The number of nitrogens with zero attached hydrogens (tertiary/aromatic N) is 2. The van der Waals surface area contributed by atoms with Gasteiger partial charge in [0, 0.05) is 31.2 Å². The minimum Gasteiger partial charge on any atom is -0.351 e. The van der Waals surface area contributed by atoms with Gasteiger partial charge in [-0.1, -0.05) is 0 Å². The number of amides is 1. The van der Waals surface area contributed by atoms with E-state index in [4.69, 9.17) is 0 Å². The highest BCUT2D eigenvalue weighted by Gasteiger charge is 2.81. The molecule has 1 aromatic heterocycles. The molecule has 0 bridgehead atoms. The molecule has 0 spiro atoms. The molecule has 2 saturated carbocycles. The first-order valence-electron chi connectivity index (χ1n) is 7.47. The van der Waals surface area contributed by atoms with E-state index in [1.54, 1.807) is 10.9 Å². The Hall–Kier alpha value is -1.57. The van der Waals surface area contributed by atoms with Crippen LogP contribution >= 0.6 is 0 Å². The average Bonchev–Trinajstić information content (AvgIpc) is 3.33. The van der Waals surface area contributed by atoms with Crippen LogP contribution in [0.25, 0.3) is 0 Å². The quantitative estimate of drug-likeness (QED) is 0.885. The third kappa shape index (κ3) is 1.89. The van der Waals surface area contributed by atoms with E-state index < -0.39 is 17.0 Å². The second-order valence-corrected chi connectivity index (χ2v) is 6.76. The smallest absolute Gasteiger partial charge is 0.351 e. The lowest BCUT2D eigenvalue weighted by atomic mass is 9.95. The molecule has 1 amide bonds. The summed E-state index contributed by atoms with van der Waals surface area (Å²) in [5.41, 5.74) is -2.13. The second-order valence-electron chi connectivity index (χ2n) is 6.76. The second kappa shape index (κ2) is 4.24. The van der Waals surface area contributed by atoms with Gasteiger partial charge in [-0.15, -0.1) is 0 Å². The Balaban J connectivity index is 1.41. The molecule has 1 aliphatic heterocycles. The predicted octanol–water partition coefficient (Wildman–Crippen LogP) is 1.49. The molecular formula is C14H17F3N4O. The Morgan fingerprint density at radius 1 is 1.45 bits per heavy atom. The van der Waals surface area contributed by atoms with Crippen molar-refractivity contribution in [2.24, 2.45) is 10.8 Å². The fourth-order valence-corrected chi connectivity index (χ4v) is 3.67. The molecular weight excluding hydrogens is 297 g/mol. The van der Waals surface area contributed by atoms with Crippen molar-refractivity contribution in [1.82, 2.24) is 20.4 Å². The Kier molecular flexibility index (Phi) is 2.71. The van der Waals surface area contributed by atoms with E-state index in [1.165, 1.54) is 6.20 Å². The average molecular weight is 314 g/mol. The van der Waals surface area contributed by atoms with Crippen LogP contribution in [0, 0.1) is 10.8 Å². The highest BCUT2D eigenvalue weighted by molar-refractivity contribution is 5.93. The number of fused-ring (bicyclic) bond motifs is 1. The lowest BCUT2D eigenvalue weighted by molar-refractivity contribution is -0.190. The maximum atomic E-state index is 13.2. The summed E-state index contributed by atoms with van der Waals surface area (Å²) >= 11 is 0. The lowest BCUT2D eigenvalue weighted by Gasteiger charge is -2.20. The van der Waals surface area contributed by atoms with Crippen molar-refractivity contribution in [2.45, 2.75) is 31.5 Å². The summed E-state index contributed by atoms with van der Waals surface area (Å²) in [7, 11) is 0. The van der Waals surface area contributed by atoms with Gasteiger partial charge in [0.2, 0.25) is 0 Å². The van der Waals surface area contributed by atoms with Gasteiger partial charge in [0.25, 0.3) is 5.91 Å². The van der Waals surface area contributed by atoms with Crippen molar-refractivity contribution in [3.05, 3.63) is 18.0 Å². The summed E-state index contributed by atoms with van der Waals surface area (Å²) in [5.74, 6) is -0.351. The number of rotatable bonds is 4. The van der Waals surface area contributed by atoms with Crippen LogP contribution in [0.4, 0.5) is 13.2 Å². The van der Waals surface area contributed by atoms with Gasteiger partial charge in [-0.2, -0.15) is 18.3 Å². The van der Waals surface area contributed by atoms with Gasteiger partial charge in [-0.3, -0.25) is 9.48 Å². The van der Waals surface area contributed by atoms with E-state index >= 15 is 0 Å². The van der Waals surface area contributed by atoms with Crippen LogP contribution < -0.4 is 10.6 Å². The first-order chi connectivity index (χ1) is 10.4. The normalized spacial score (nSPS) is 33.6. The molecule has 2 heterocycles. The minimum absolute atomic E-state index is 0.0486. The van der Waals surface area contributed by atoms with E-state index in [0.717, 1.165) is 12.8 Å². The molecule has 1 saturated heterocycles. The molecule has 0 unspecified atom stereocenters. The predicted molar refractivity (Wildman–Crippen MR) is 71.2 cm³/mol. The number of nitrogens with one attached hydrogen (secondary N) is 2. The third-order valence-electron chi connectivity index (χ3n) is 5.34. The molecule has 2 atom stereocenters. The van der Waals surface area contributed by atoms with Gasteiger partial charge >= 0.3 is 6.18 Å². The molecule has 3 fully saturated rings. The summed E-state index contributed by atoms with van der Waals surface area (Å²) < 4.78 is 41.4. The largest absolute Gasteiger partial charge is 0.396 e. The summed E-state index contributed by atoms with van der Waals surface area (Å²) in [6.45, 7) is 0.299. The van der Waals surface area contributed by atoms with E-state index in [9.17, 15) is 18.0 Å². The van der Waals surface area contributed by atoms with Gasteiger partial charge in [-0.05, 0) is 19.3 Å². The number of hydrogen-bond acceptors (Lipinski definition) is 3. The van der Waals surface area contributed by atoms with Gasteiger partial charge < -0.3 is 10.6 Å². The Labute approximate surface area is 125 Å². The zero-order valence-corrected chi connectivity index (χ0v) is 11.9. The molecule has 5 nitrogen and oxygen atoms in total. The maximum absolute atomic E-state index is 13.2. The van der Waals surface area contributed by atoms with Crippen molar-refractivity contribution in [3.63, 3.8) is 0 Å². The molecule has 120 valence electrons. The fraction of sp³-hybridized carbons (Fsp3) is 0.714. The molecule has 0 radical (unpaired) electrons. The van der Waals surface area contributed by atoms with Crippen LogP contribution in [0.3, 0.4) is 0 Å². The first kappa shape index (κ1) is 14.0. The van der Waals surface area contributed by atoms with E-state index in [1.807, 2.05) is 0 Å². The van der Waals surface area contributed by atoms with Gasteiger partial charge in [0.15, 0.2) is 0 Å². The zero-order chi connectivity index (χ0) is 15.6. The Morgan fingerprint density at radius 3 is 2.86 bits per heavy atom.